The minimum atomic E-state index is 0.288. The topological polar surface area (TPSA) is 57.0 Å². The summed E-state index contributed by atoms with van der Waals surface area (Å²) < 4.78 is 7.86. The van der Waals surface area contributed by atoms with E-state index in [0.29, 0.717) is 25.3 Å². The number of Topliss-reactive ketones (excluding diaryl/α,β-unsaturated/α-hetero) is 1. The van der Waals surface area contributed by atoms with Crippen molar-refractivity contribution in [2.45, 2.75) is 96.9 Å². The van der Waals surface area contributed by atoms with E-state index in [0.717, 1.165) is 47.6 Å². The smallest absolute Gasteiger partial charge is 0.133 e. The van der Waals surface area contributed by atoms with Gasteiger partial charge in [-0.1, -0.05) is 44.7 Å². The molecule has 5 heteroatoms. The summed E-state index contributed by atoms with van der Waals surface area (Å²) >= 11 is 0. The van der Waals surface area contributed by atoms with Gasteiger partial charge in [-0.25, -0.2) is 0 Å². The van der Waals surface area contributed by atoms with Crippen LogP contribution in [0.1, 0.15) is 93.5 Å². The second-order valence-corrected chi connectivity index (χ2v) is 10.2. The number of nitrogens with zero attached hydrogens (tertiary/aromatic N) is 3. The van der Waals surface area contributed by atoms with Crippen LogP contribution >= 0.6 is 0 Å². The Morgan fingerprint density at radius 1 is 1.00 bits per heavy atom. The van der Waals surface area contributed by atoms with Crippen molar-refractivity contribution in [3.05, 3.63) is 41.0 Å². The van der Waals surface area contributed by atoms with E-state index in [1.807, 2.05) is 6.07 Å². The predicted molar refractivity (Wildman–Crippen MR) is 127 cm³/mol. The number of ether oxygens (including phenoxy) is 1. The summed E-state index contributed by atoms with van der Waals surface area (Å²) in [6, 6.07) is 6.75. The van der Waals surface area contributed by atoms with Crippen LogP contribution in [0.5, 0.6) is 5.75 Å². The Kier molecular flexibility index (Phi) is 7.64. The molecule has 0 spiro atoms. The third-order valence-electron chi connectivity index (χ3n) is 7.40. The Morgan fingerprint density at radius 2 is 1.69 bits per heavy atom. The first-order chi connectivity index (χ1) is 15.5. The van der Waals surface area contributed by atoms with Gasteiger partial charge in [0.1, 0.15) is 23.2 Å². The highest BCUT2D eigenvalue weighted by Crippen LogP contribution is 2.38. The molecule has 2 aliphatic rings. The zero-order chi connectivity index (χ0) is 22.5. The van der Waals surface area contributed by atoms with Crippen molar-refractivity contribution in [3.8, 4) is 5.75 Å². The first-order valence-electron chi connectivity index (χ1n) is 12.6. The third kappa shape index (κ3) is 5.99. The van der Waals surface area contributed by atoms with Gasteiger partial charge < -0.3 is 9.30 Å². The molecule has 4 rings (SSSR count). The number of carbonyl (C=O) groups is 1. The van der Waals surface area contributed by atoms with Crippen LogP contribution in [-0.4, -0.2) is 27.7 Å². The molecule has 5 nitrogen and oxygen atoms in total. The normalized spacial score (nSPS) is 21.0. The summed E-state index contributed by atoms with van der Waals surface area (Å²) in [5, 5.41) is 9.09. The van der Waals surface area contributed by atoms with Crippen LogP contribution in [0.15, 0.2) is 18.2 Å². The van der Waals surface area contributed by atoms with Crippen molar-refractivity contribution in [3.63, 3.8) is 0 Å². The number of rotatable bonds is 11. The van der Waals surface area contributed by atoms with Crippen molar-refractivity contribution in [2.75, 3.05) is 7.11 Å². The van der Waals surface area contributed by atoms with E-state index in [-0.39, 0.29) is 5.78 Å². The molecule has 0 unspecified atom stereocenters. The summed E-state index contributed by atoms with van der Waals surface area (Å²) in [5.74, 6) is 5.08. The lowest BCUT2D eigenvalue weighted by molar-refractivity contribution is -0.119. The lowest BCUT2D eigenvalue weighted by Gasteiger charge is -2.25. The molecule has 1 aromatic heterocycles. The minimum Gasteiger partial charge on any atom is -0.496 e. The van der Waals surface area contributed by atoms with Crippen LogP contribution in [0.25, 0.3) is 0 Å². The van der Waals surface area contributed by atoms with Gasteiger partial charge in [-0.3, -0.25) is 4.79 Å². The fraction of sp³-hybridized carbons (Fsp3) is 0.667. The number of ketones is 1. The molecule has 1 aromatic carbocycles. The van der Waals surface area contributed by atoms with E-state index in [9.17, 15) is 4.79 Å². The number of aryl methyl sites for hydroxylation is 4. The number of aromatic nitrogens is 3. The largest absolute Gasteiger partial charge is 0.496 e. The van der Waals surface area contributed by atoms with Crippen molar-refractivity contribution >= 4 is 5.78 Å². The Bertz CT molecular complexity index is 908. The van der Waals surface area contributed by atoms with E-state index in [1.54, 1.807) is 7.11 Å². The number of hydrogen-bond donors (Lipinski definition) is 0. The highest BCUT2D eigenvalue weighted by Gasteiger charge is 2.30. The van der Waals surface area contributed by atoms with Crippen molar-refractivity contribution < 1.29 is 9.53 Å². The molecule has 1 heterocycles. The lowest BCUT2D eigenvalue weighted by atomic mass is 9.81. The Balaban J connectivity index is 1.29. The summed E-state index contributed by atoms with van der Waals surface area (Å²) in [6.45, 7) is 4.43. The van der Waals surface area contributed by atoms with Crippen molar-refractivity contribution in [1.82, 2.24) is 14.8 Å². The van der Waals surface area contributed by atoms with E-state index in [1.165, 1.54) is 50.5 Å². The van der Waals surface area contributed by atoms with Crippen LogP contribution in [0.3, 0.4) is 0 Å². The van der Waals surface area contributed by atoms with Gasteiger partial charge in [-0.2, -0.15) is 0 Å². The predicted octanol–water partition coefficient (Wildman–Crippen LogP) is 5.82. The molecule has 0 atom stereocenters. The Hall–Kier alpha value is -2.17. The van der Waals surface area contributed by atoms with E-state index in [4.69, 9.17) is 4.74 Å². The van der Waals surface area contributed by atoms with Gasteiger partial charge in [0.25, 0.3) is 0 Å². The first kappa shape index (κ1) is 23.0. The third-order valence-corrected chi connectivity index (χ3v) is 7.40. The number of carbonyl (C=O) groups excluding carboxylic acids is 1. The molecule has 2 aromatic rings. The highest BCUT2D eigenvalue weighted by atomic mass is 16.5. The van der Waals surface area contributed by atoms with Gasteiger partial charge in [-0.15, -0.1) is 10.2 Å². The molecule has 0 N–H and O–H groups in total. The molecule has 0 saturated heterocycles. The van der Waals surface area contributed by atoms with Gasteiger partial charge in [0.15, 0.2) is 0 Å². The molecule has 32 heavy (non-hydrogen) atoms. The van der Waals surface area contributed by atoms with E-state index < -0.39 is 0 Å². The van der Waals surface area contributed by atoms with Crippen molar-refractivity contribution in [1.29, 1.82) is 0 Å². The van der Waals surface area contributed by atoms with E-state index >= 15 is 0 Å². The number of hydrogen-bond acceptors (Lipinski definition) is 4. The average Bonchev–Trinajstić information content (AvgIpc) is 3.56. The van der Waals surface area contributed by atoms with Gasteiger partial charge in [-0.05, 0) is 61.6 Å². The summed E-state index contributed by atoms with van der Waals surface area (Å²) in [7, 11) is 1.69. The van der Waals surface area contributed by atoms with Crippen LogP contribution in [-0.2, 0) is 24.1 Å². The van der Waals surface area contributed by atoms with Crippen LogP contribution < -0.4 is 4.74 Å². The second-order valence-electron chi connectivity index (χ2n) is 10.2. The van der Waals surface area contributed by atoms with Gasteiger partial charge in [0.05, 0.1) is 7.11 Å². The summed E-state index contributed by atoms with van der Waals surface area (Å²) in [4.78, 5) is 12.6. The molecular formula is C27H39N3O2. The summed E-state index contributed by atoms with van der Waals surface area (Å²) in [5.41, 5.74) is 2.28. The molecule has 174 valence electrons. The highest BCUT2D eigenvalue weighted by molar-refractivity contribution is 5.78. The maximum Gasteiger partial charge on any atom is 0.133 e. The zero-order valence-electron chi connectivity index (χ0n) is 20.1. The molecular weight excluding hydrogens is 398 g/mol. The zero-order valence-corrected chi connectivity index (χ0v) is 20.1. The monoisotopic (exact) mass is 437 g/mol. The molecule has 0 aliphatic heterocycles. The van der Waals surface area contributed by atoms with Crippen molar-refractivity contribution in [2.24, 2.45) is 11.8 Å². The second kappa shape index (κ2) is 10.6. The van der Waals surface area contributed by atoms with Gasteiger partial charge >= 0.3 is 0 Å². The summed E-state index contributed by atoms with van der Waals surface area (Å²) in [6.07, 6.45) is 12.7. The van der Waals surface area contributed by atoms with Crippen LogP contribution in [0.4, 0.5) is 0 Å². The maximum atomic E-state index is 12.6. The standard InChI is InChI=1S/C27H39N3O2/c1-19-4-7-21(8-5-19)9-16-26-28-29-27(30(26)23-12-13-23)17-15-24(31)14-11-22-10-6-20(2)18-25(22)32-3/h6,10,18-19,21,23H,4-5,7-9,11-17H2,1-3H3. The number of benzene rings is 1. The fourth-order valence-corrected chi connectivity index (χ4v) is 5.12. The first-order valence-corrected chi connectivity index (χ1v) is 12.6. The number of methoxy groups -OCH3 is 1. The molecule has 2 aliphatic carbocycles. The molecule has 2 fully saturated rings. The molecule has 0 radical (unpaired) electrons. The molecule has 2 saturated carbocycles. The minimum absolute atomic E-state index is 0.288. The SMILES string of the molecule is COc1cc(C)ccc1CCC(=O)CCc1nnc(CCC2CCC(C)CC2)n1C1CC1. The quantitative estimate of drug-likeness (QED) is 0.444. The molecule has 0 bridgehead atoms. The van der Waals surface area contributed by atoms with Crippen LogP contribution in [0, 0.1) is 18.8 Å². The average molecular weight is 438 g/mol. The van der Waals surface area contributed by atoms with Crippen LogP contribution in [0.2, 0.25) is 0 Å². The Labute approximate surface area is 193 Å². The van der Waals surface area contributed by atoms with Gasteiger partial charge in [0.2, 0.25) is 0 Å². The van der Waals surface area contributed by atoms with E-state index in [2.05, 4.69) is 40.7 Å². The maximum absolute atomic E-state index is 12.6. The lowest BCUT2D eigenvalue weighted by Crippen LogP contribution is -2.14. The van der Waals surface area contributed by atoms with Gasteiger partial charge in [0, 0.05) is 31.7 Å². The fourth-order valence-electron chi connectivity index (χ4n) is 5.12. The molecule has 0 amide bonds. The Morgan fingerprint density at radius 3 is 2.38 bits per heavy atom.